The molecule has 0 aromatic heterocycles. The summed E-state index contributed by atoms with van der Waals surface area (Å²) in [6, 6.07) is 63.7. The Balaban J connectivity index is 1.23. The van der Waals surface area contributed by atoms with E-state index in [0.29, 0.717) is 5.56 Å². The molecule has 46 heavy (non-hydrogen) atoms. The number of hydrogen-bond acceptors (Lipinski definition) is 3. The van der Waals surface area contributed by atoms with Gasteiger partial charge in [-0.15, -0.1) is 0 Å². The first kappa shape index (κ1) is 27.2. The third-order valence-electron chi connectivity index (χ3n) is 8.61. The van der Waals surface area contributed by atoms with Crippen LogP contribution >= 0.6 is 0 Å². The Morgan fingerprint density at radius 3 is 1.41 bits per heavy atom. The molecule has 0 aliphatic rings. The fraction of sp³-hybridized carbons (Fsp3) is 0. The molecule has 0 amide bonds. The van der Waals surface area contributed by atoms with E-state index in [-0.39, 0.29) is 0 Å². The van der Waals surface area contributed by atoms with Crippen molar-refractivity contribution in [3.8, 4) is 6.07 Å². The van der Waals surface area contributed by atoms with Crippen LogP contribution in [0.15, 0.2) is 176 Å². The lowest BCUT2D eigenvalue weighted by Crippen LogP contribution is -2.12. The zero-order valence-electron chi connectivity index (χ0n) is 25.1. The number of para-hydroxylation sites is 2. The highest BCUT2D eigenvalue weighted by Gasteiger charge is 2.17. The lowest BCUT2D eigenvalue weighted by atomic mass is 9.96. The molecule has 216 valence electrons. The minimum absolute atomic E-state index is 0.627. The van der Waals surface area contributed by atoms with E-state index in [9.17, 15) is 5.26 Å². The summed E-state index contributed by atoms with van der Waals surface area (Å²) in [4.78, 5) is 4.49. The van der Waals surface area contributed by atoms with Gasteiger partial charge in [0.1, 0.15) is 0 Å². The third kappa shape index (κ3) is 4.89. The Bertz CT molecular complexity index is 2370. The standard InChI is InChI=1S/C43H29N3/c44-30-31-10-9-16-38(28-31)45(34-12-3-1-4-13-34)36-20-22-37(23-21-36)46(35-14-5-2-6-15-35)39-24-27-41-33(29-39)19-26-42-40-17-8-7-11-32(40)18-25-43(41)42/h1-29H. The Morgan fingerprint density at radius 1 is 0.326 bits per heavy atom. The van der Waals surface area contributed by atoms with Gasteiger partial charge in [0, 0.05) is 34.1 Å². The Morgan fingerprint density at radius 2 is 0.783 bits per heavy atom. The van der Waals surface area contributed by atoms with Crippen LogP contribution in [0.5, 0.6) is 0 Å². The molecule has 3 heteroatoms. The maximum Gasteiger partial charge on any atom is 0.0992 e. The van der Waals surface area contributed by atoms with E-state index < -0.39 is 0 Å². The molecule has 8 rings (SSSR count). The molecule has 0 aliphatic heterocycles. The topological polar surface area (TPSA) is 30.3 Å². The normalized spacial score (nSPS) is 11.0. The van der Waals surface area contributed by atoms with Crippen molar-refractivity contribution in [1.82, 2.24) is 0 Å². The van der Waals surface area contributed by atoms with Crippen LogP contribution in [0.2, 0.25) is 0 Å². The number of benzene rings is 8. The molecule has 0 bridgehead atoms. The molecule has 8 aromatic carbocycles. The van der Waals surface area contributed by atoms with Crippen molar-refractivity contribution in [2.45, 2.75) is 0 Å². The van der Waals surface area contributed by atoms with Crippen molar-refractivity contribution in [3.63, 3.8) is 0 Å². The van der Waals surface area contributed by atoms with E-state index in [2.05, 4.69) is 149 Å². The average Bonchev–Trinajstić information content (AvgIpc) is 3.13. The number of nitrogens with zero attached hydrogens (tertiary/aromatic N) is 3. The van der Waals surface area contributed by atoms with Crippen LogP contribution in [-0.4, -0.2) is 0 Å². The molecule has 0 unspecified atom stereocenters. The molecule has 0 radical (unpaired) electrons. The van der Waals surface area contributed by atoms with E-state index in [0.717, 1.165) is 34.1 Å². The van der Waals surface area contributed by atoms with E-state index in [1.165, 1.54) is 32.3 Å². The lowest BCUT2D eigenvalue weighted by molar-refractivity contribution is 1.26. The summed E-state index contributed by atoms with van der Waals surface area (Å²) in [5, 5.41) is 17.1. The second-order valence-corrected chi connectivity index (χ2v) is 11.4. The summed E-state index contributed by atoms with van der Waals surface area (Å²) in [6.07, 6.45) is 0. The Kier molecular flexibility index (Phi) is 6.87. The van der Waals surface area contributed by atoms with Crippen molar-refractivity contribution in [3.05, 3.63) is 181 Å². The van der Waals surface area contributed by atoms with Crippen molar-refractivity contribution in [1.29, 1.82) is 5.26 Å². The highest BCUT2D eigenvalue weighted by atomic mass is 15.2. The molecule has 0 heterocycles. The number of hydrogen-bond donors (Lipinski definition) is 0. The first-order valence-electron chi connectivity index (χ1n) is 15.4. The maximum atomic E-state index is 9.59. The van der Waals surface area contributed by atoms with Crippen molar-refractivity contribution in [2.75, 3.05) is 9.80 Å². The predicted molar refractivity (Wildman–Crippen MR) is 193 cm³/mol. The molecule has 0 saturated carbocycles. The number of rotatable bonds is 6. The Hall–Kier alpha value is -6.37. The van der Waals surface area contributed by atoms with Crippen LogP contribution in [0.1, 0.15) is 5.56 Å². The predicted octanol–water partition coefficient (Wildman–Crippen LogP) is 12.0. The molecule has 0 N–H and O–H groups in total. The SMILES string of the molecule is N#Cc1cccc(N(c2ccccc2)c2ccc(N(c3ccccc3)c3ccc4c(ccc5c6ccccc6ccc45)c3)cc2)c1. The van der Waals surface area contributed by atoms with Gasteiger partial charge in [-0.3, -0.25) is 0 Å². The number of nitriles is 1. The van der Waals surface area contributed by atoms with Gasteiger partial charge >= 0.3 is 0 Å². The molecule has 3 nitrogen and oxygen atoms in total. The summed E-state index contributed by atoms with van der Waals surface area (Å²) in [7, 11) is 0. The molecular weight excluding hydrogens is 558 g/mol. The quantitative estimate of drug-likeness (QED) is 0.181. The molecule has 0 saturated heterocycles. The van der Waals surface area contributed by atoms with Gasteiger partial charge in [-0.05, 0) is 111 Å². The monoisotopic (exact) mass is 587 g/mol. The van der Waals surface area contributed by atoms with Gasteiger partial charge < -0.3 is 9.80 Å². The molecular formula is C43H29N3. The van der Waals surface area contributed by atoms with Gasteiger partial charge in [-0.1, -0.05) is 97.1 Å². The lowest BCUT2D eigenvalue weighted by Gasteiger charge is -2.28. The van der Waals surface area contributed by atoms with Crippen molar-refractivity contribution < 1.29 is 0 Å². The molecule has 8 aromatic rings. The van der Waals surface area contributed by atoms with Gasteiger partial charge in [0.05, 0.1) is 11.6 Å². The second-order valence-electron chi connectivity index (χ2n) is 11.4. The van der Waals surface area contributed by atoms with E-state index in [1.807, 2.05) is 42.5 Å². The molecule has 0 spiro atoms. The maximum absolute atomic E-state index is 9.59. The third-order valence-corrected chi connectivity index (χ3v) is 8.61. The van der Waals surface area contributed by atoms with Crippen molar-refractivity contribution in [2.24, 2.45) is 0 Å². The van der Waals surface area contributed by atoms with E-state index >= 15 is 0 Å². The summed E-state index contributed by atoms with van der Waals surface area (Å²) in [5.74, 6) is 0. The fourth-order valence-electron chi connectivity index (χ4n) is 6.47. The first-order chi connectivity index (χ1) is 22.8. The number of anilines is 6. The van der Waals surface area contributed by atoms with Gasteiger partial charge in [0.2, 0.25) is 0 Å². The highest BCUT2D eigenvalue weighted by molar-refractivity contribution is 6.17. The molecule has 0 atom stereocenters. The highest BCUT2D eigenvalue weighted by Crippen LogP contribution is 2.41. The summed E-state index contributed by atoms with van der Waals surface area (Å²) >= 11 is 0. The van der Waals surface area contributed by atoms with Crippen molar-refractivity contribution >= 4 is 66.4 Å². The zero-order chi connectivity index (χ0) is 30.9. The van der Waals surface area contributed by atoms with Crippen LogP contribution in [0.3, 0.4) is 0 Å². The molecule has 0 aliphatic carbocycles. The smallest absolute Gasteiger partial charge is 0.0992 e. The minimum atomic E-state index is 0.627. The average molecular weight is 588 g/mol. The minimum Gasteiger partial charge on any atom is -0.310 e. The fourth-order valence-corrected chi connectivity index (χ4v) is 6.47. The summed E-state index contributed by atoms with van der Waals surface area (Å²) in [5.41, 5.74) is 6.83. The summed E-state index contributed by atoms with van der Waals surface area (Å²) in [6.45, 7) is 0. The van der Waals surface area contributed by atoms with E-state index in [4.69, 9.17) is 0 Å². The van der Waals surface area contributed by atoms with Gasteiger partial charge in [-0.2, -0.15) is 5.26 Å². The summed E-state index contributed by atoms with van der Waals surface area (Å²) < 4.78 is 0. The van der Waals surface area contributed by atoms with Gasteiger partial charge in [-0.25, -0.2) is 0 Å². The number of fused-ring (bicyclic) bond motifs is 5. The van der Waals surface area contributed by atoms with Gasteiger partial charge in [0.15, 0.2) is 0 Å². The van der Waals surface area contributed by atoms with Gasteiger partial charge in [0.25, 0.3) is 0 Å². The van der Waals surface area contributed by atoms with Crippen LogP contribution in [0.25, 0.3) is 32.3 Å². The Labute approximate surface area is 268 Å². The molecule has 0 fully saturated rings. The van der Waals surface area contributed by atoms with Crippen LogP contribution in [-0.2, 0) is 0 Å². The first-order valence-corrected chi connectivity index (χ1v) is 15.4. The van der Waals surface area contributed by atoms with Crippen LogP contribution in [0, 0.1) is 11.3 Å². The van der Waals surface area contributed by atoms with Crippen LogP contribution < -0.4 is 9.80 Å². The zero-order valence-corrected chi connectivity index (χ0v) is 25.1. The van der Waals surface area contributed by atoms with Crippen LogP contribution in [0.4, 0.5) is 34.1 Å². The largest absolute Gasteiger partial charge is 0.310 e. The van der Waals surface area contributed by atoms with E-state index in [1.54, 1.807) is 0 Å². The second kappa shape index (κ2) is 11.6.